The number of methoxy groups -OCH3 is 1. The number of piperidine rings is 1. The van der Waals surface area contributed by atoms with E-state index >= 15 is 0 Å². The summed E-state index contributed by atoms with van der Waals surface area (Å²) in [6.07, 6.45) is 2.31. The first-order valence-corrected chi connectivity index (χ1v) is 6.34. The number of benzene rings is 1. The predicted molar refractivity (Wildman–Crippen MR) is 68.3 cm³/mol. The molecule has 2 rings (SSSR count). The molecule has 4 heteroatoms. The molecule has 1 saturated heterocycles. The Bertz CT molecular complexity index is 403. The van der Waals surface area contributed by atoms with Crippen LogP contribution >= 0.6 is 0 Å². The van der Waals surface area contributed by atoms with E-state index in [9.17, 15) is 9.50 Å². The first-order valence-electron chi connectivity index (χ1n) is 6.34. The molecule has 1 aliphatic heterocycles. The Labute approximate surface area is 107 Å². The monoisotopic (exact) mass is 253 g/mol. The van der Waals surface area contributed by atoms with Crippen molar-refractivity contribution in [1.29, 1.82) is 0 Å². The first-order chi connectivity index (χ1) is 8.71. The summed E-state index contributed by atoms with van der Waals surface area (Å²) in [6, 6.07) is 5.19. The van der Waals surface area contributed by atoms with E-state index < -0.39 is 0 Å². The van der Waals surface area contributed by atoms with E-state index in [1.54, 1.807) is 18.2 Å². The highest BCUT2D eigenvalue weighted by atomic mass is 19.1. The molecule has 0 saturated carbocycles. The Morgan fingerprint density at radius 3 is 2.72 bits per heavy atom. The summed E-state index contributed by atoms with van der Waals surface area (Å²) in [5.41, 5.74) is 0.434. The minimum absolute atomic E-state index is 0.103. The van der Waals surface area contributed by atoms with Gasteiger partial charge >= 0.3 is 0 Å². The molecule has 3 nitrogen and oxygen atoms in total. The van der Waals surface area contributed by atoms with Gasteiger partial charge in [0.05, 0.1) is 7.11 Å². The maximum absolute atomic E-state index is 14.1. The average Bonchev–Trinajstić information content (AvgIpc) is 2.42. The first kappa shape index (κ1) is 13.3. The van der Waals surface area contributed by atoms with E-state index in [0.717, 1.165) is 25.9 Å². The van der Waals surface area contributed by atoms with Gasteiger partial charge in [0.15, 0.2) is 11.6 Å². The summed E-state index contributed by atoms with van der Waals surface area (Å²) in [6.45, 7) is 1.86. The van der Waals surface area contributed by atoms with E-state index in [2.05, 4.69) is 5.32 Å². The van der Waals surface area contributed by atoms with Crippen molar-refractivity contribution in [3.05, 3.63) is 29.6 Å². The van der Waals surface area contributed by atoms with Crippen LogP contribution in [0.2, 0.25) is 0 Å². The van der Waals surface area contributed by atoms with Gasteiger partial charge in [0.2, 0.25) is 0 Å². The summed E-state index contributed by atoms with van der Waals surface area (Å²) < 4.78 is 19.1. The van der Waals surface area contributed by atoms with E-state index in [-0.39, 0.29) is 23.6 Å². The topological polar surface area (TPSA) is 41.5 Å². The van der Waals surface area contributed by atoms with Crippen molar-refractivity contribution in [2.75, 3.05) is 26.8 Å². The summed E-state index contributed by atoms with van der Waals surface area (Å²) in [7, 11) is 1.47. The van der Waals surface area contributed by atoms with Crippen LogP contribution in [0.3, 0.4) is 0 Å². The quantitative estimate of drug-likeness (QED) is 0.859. The van der Waals surface area contributed by atoms with Gasteiger partial charge in [-0.05, 0) is 44.0 Å². The number of aliphatic hydroxyl groups excluding tert-OH is 1. The van der Waals surface area contributed by atoms with Gasteiger partial charge in [-0.3, -0.25) is 0 Å². The van der Waals surface area contributed by atoms with Gasteiger partial charge in [-0.2, -0.15) is 0 Å². The third-order valence-electron chi connectivity index (χ3n) is 3.83. The molecule has 0 bridgehead atoms. The molecule has 1 heterocycles. The number of hydrogen-bond acceptors (Lipinski definition) is 3. The van der Waals surface area contributed by atoms with Gasteiger partial charge in [0, 0.05) is 12.0 Å². The Kier molecular flexibility index (Phi) is 4.19. The molecule has 1 aliphatic rings. The molecule has 18 heavy (non-hydrogen) atoms. The van der Waals surface area contributed by atoms with Crippen LogP contribution in [0.15, 0.2) is 18.2 Å². The lowest BCUT2D eigenvalue weighted by molar-refractivity contribution is 0.0883. The lowest BCUT2D eigenvalue weighted by atomic mass is 9.75. The lowest BCUT2D eigenvalue weighted by Crippen LogP contribution is -2.40. The maximum Gasteiger partial charge on any atom is 0.168 e. The van der Waals surface area contributed by atoms with Crippen molar-refractivity contribution in [2.45, 2.75) is 19.3 Å². The van der Waals surface area contributed by atoms with Crippen molar-refractivity contribution in [3.63, 3.8) is 0 Å². The van der Waals surface area contributed by atoms with Gasteiger partial charge in [-0.15, -0.1) is 0 Å². The molecule has 0 aromatic heterocycles. The highest BCUT2D eigenvalue weighted by Crippen LogP contribution is 2.34. The molecule has 1 aromatic carbocycles. The number of halogens is 1. The van der Waals surface area contributed by atoms with Crippen molar-refractivity contribution < 1.29 is 14.2 Å². The van der Waals surface area contributed by atoms with Crippen molar-refractivity contribution in [3.8, 4) is 5.75 Å². The van der Waals surface area contributed by atoms with Crippen molar-refractivity contribution >= 4 is 0 Å². The molecule has 100 valence electrons. The third kappa shape index (κ3) is 2.65. The summed E-state index contributed by atoms with van der Waals surface area (Å²) in [5.74, 6) is -0.0270. The minimum Gasteiger partial charge on any atom is -0.494 e. The Hall–Kier alpha value is -1.13. The largest absolute Gasteiger partial charge is 0.494 e. The third-order valence-corrected chi connectivity index (χ3v) is 3.83. The van der Waals surface area contributed by atoms with E-state index in [1.807, 2.05) is 0 Å². The van der Waals surface area contributed by atoms with Gasteiger partial charge in [-0.25, -0.2) is 4.39 Å². The smallest absolute Gasteiger partial charge is 0.168 e. The van der Waals surface area contributed by atoms with Crippen LogP contribution in [0.5, 0.6) is 5.75 Å². The molecule has 0 spiro atoms. The van der Waals surface area contributed by atoms with E-state index in [0.29, 0.717) is 12.0 Å². The molecule has 0 amide bonds. The summed E-state index contributed by atoms with van der Waals surface area (Å²) in [5, 5.41) is 12.9. The van der Waals surface area contributed by atoms with Crippen LogP contribution in [-0.4, -0.2) is 31.9 Å². The molecule has 1 aromatic rings. The van der Waals surface area contributed by atoms with Crippen LogP contribution in [0, 0.1) is 11.2 Å². The van der Waals surface area contributed by atoms with Gasteiger partial charge in [-0.1, -0.05) is 12.1 Å². The summed E-state index contributed by atoms with van der Waals surface area (Å²) >= 11 is 0. The van der Waals surface area contributed by atoms with Crippen molar-refractivity contribution in [2.24, 2.45) is 5.41 Å². The fourth-order valence-corrected chi connectivity index (χ4v) is 2.60. The van der Waals surface area contributed by atoms with Crippen LogP contribution in [0.4, 0.5) is 4.39 Å². The Balaban J connectivity index is 2.21. The molecule has 0 atom stereocenters. The minimum atomic E-state index is -0.300. The molecule has 0 radical (unpaired) electrons. The maximum atomic E-state index is 14.1. The summed E-state index contributed by atoms with van der Waals surface area (Å²) in [4.78, 5) is 0. The molecule has 1 fully saturated rings. The van der Waals surface area contributed by atoms with Gasteiger partial charge < -0.3 is 15.2 Å². The van der Waals surface area contributed by atoms with E-state index in [1.165, 1.54) is 7.11 Å². The molecular weight excluding hydrogens is 233 g/mol. The number of aliphatic hydroxyl groups is 1. The zero-order valence-corrected chi connectivity index (χ0v) is 10.7. The molecule has 0 aliphatic carbocycles. The Morgan fingerprint density at radius 1 is 1.39 bits per heavy atom. The fourth-order valence-electron chi connectivity index (χ4n) is 2.60. The van der Waals surface area contributed by atoms with Crippen molar-refractivity contribution in [1.82, 2.24) is 5.32 Å². The van der Waals surface area contributed by atoms with Crippen LogP contribution < -0.4 is 10.1 Å². The fraction of sp³-hybridized carbons (Fsp3) is 0.571. The second kappa shape index (κ2) is 5.67. The number of hydrogen-bond donors (Lipinski definition) is 2. The van der Waals surface area contributed by atoms with Gasteiger partial charge in [0.1, 0.15) is 0 Å². The highest BCUT2D eigenvalue weighted by Gasteiger charge is 2.32. The second-order valence-corrected chi connectivity index (χ2v) is 5.02. The average molecular weight is 253 g/mol. The normalized spacial score (nSPS) is 18.6. The van der Waals surface area contributed by atoms with Crippen LogP contribution in [0.1, 0.15) is 18.4 Å². The highest BCUT2D eigenvalue weighted by molar-refractivity contribution is 5.31. The molecule has 0 unspecified atom stereocenters. The zero-order chi connectivity index (χ0) is 13.0. The molecule has 2 N–H and O–H groups in total. The van der Waals surface area contributed by atoms with Crippen LogP contribution in [-0.2, 0) is 6.42 Å². The number of rotatable bonds is 4. The number of ether oxygens (including phenoxy) is 1. The zero-order valence-electron chi connectivity index (χ0n) is 10.7. The standard InChI is InChI=1S/C14H20FNO2/c1-18-12-4-2-3-11(13(12)15)9-14(10-17)5-7-16-8-6-14/h2-4,16-17H,5-10H2,1H3. The SMILES string of the molecule is COc1cccc(CC2(CO)CCNCC2)c1F. The van der Waals surface area contributed by atoms with Gasteiger partial charge in [0.25, 0.3) is 0 Å². The Morgan fingerprint density at radius 2 is 2.11 bits per heavy atom. The van der Waals surface area contributed by atoms with Crippen LogP contribution in [0.25, 0.3) is 0 Å². The number of nitrogens with one attached hydrogen (secondary N) is 1. The second-order valence-electron chi connectivity index (χ2n) is 5.02. The lowest BCUT2D eigenvalue weighted by Gasteiger charge is -2.36. The predicted octanol–water partition coefficient (Wildman–Crippen LogP) is 1.74. The molecular formula is C14H20FNO2. The van der Waals surface area contributed by atoms with E-state index in [4.69, 9.17) is 4.74 Å².